The van der Waals surface area contributed by atoms with E-state index in [2.05, 4.69) is 15.6 Å². The van der Waals surface area contributed by atoms with Crippen LogP contribution in [0.5, 0.6) is 0 Å². The Morgan fingerprint density at radius 1 is 1.55 bits per heavy atom. The van der Waals surface area contributed by atoms with E-state index in [0.29, 0.717) is 18.8 Å². The molecule has 1 saturated heterocycles. The Bertz CT molecular complexity index is 492. The van der Waals surface area contributed by atoms with Crippen LogP contribution in [0.4, 0.5) is 11.5 Å². The molecule has 1 aliphatic rings. The minimum atomic E-state index is -0.0968. The Morgan fingerprint density at radius 2 is 2.35 bits per heavy atom. The molecular weight excluding hydrogens is 276 g/mol. The number of rotatable bonds is 4. The molecule has 1 aliphatic heterocycles. The maximum absolute atomic E-state index is 11.8. The van der Waals surface area contributed by atoms with Crippen molar-refractivity contribution in [2.45, 2.75) is 12.2 Å². The van der Waals surface area contributed by atoms with E-state index in [1.807, 2.05) is 24.1 Å². The van der Waals surface area contributed by atoms with Crippen LogP contribution >= 0.6 is 11.8 Å². The summed E-state index contributed by atoms with van der Waals surface area (Å²) in [6.07, 6.45) is 3.51. The molecule has 2 rings (SSSR count). The van der Waals surface area contributed by atoms with E-state index in [0.717, 1.165) is 12.4 Å². The monoisotopic (exact) mass is 294 g/mol. The van der Waals surface area contributed by atoms with Crippen LogP contribution in [-0.4, -0.2) is 47.9 Å². The first-order valence-electron chi connectivity index (χ1n) is 6.41. The number of piperazine rings is 1. The van der Waals surface area contributed by atoms with Gasteiger partial charge in [0.1, 0.15) is 5.82 Å². The lowest BCUT2D eigenvalue weighted by Crippen LogP contribution is -2.48. The highest BCUT2D eigenvalue weighted by molar-refractivity contribution is 7.99. The van der Waals surface area contributed by atoms with Crippen molar-refractivity contribution in [1.29, 1.82) is 0 Å². The van der Waals surface area contributed by atoms with Crippen LogP contribution < -0.4 is 15.5 Å². The van der Waals surface area contributed by atoms with E-state index in [1.54, 1.807) is 12.3 Å². The van der Waals surface area contributed by atoms with Crippen molar-refractivity contribution in [3.8, 4) is 0 Å². The predicted octanol–water partition coefficient (Wildman–Crippen LogP) is 0.708. The number of nitrogens with one attached hydrogen (secondary N) is 2. The molecule has 1 aromatic heterocycles. The fraction of sp³-hybridized carbons (Fsp3) is 0.462. The van der Waals surface area contributed by atoms with E-state index in [-0.39, 0.29) is 17.1 Å². The number of hydrogen-bond acceptors (Lipinski definition) is 5. The summed E-state index contributed by atoms with van der Waals surface area (Å²) in [4.78, 5) is 29.3. The fourth-order valence-corrected chi connectivity index (χ4v) is 2.11. The third-order valence-corrected chi connectivity index (χ3v) is 4.02. The third-order valence-electron chi connectivity index (χ3n) is 3.10. The van der Waals surface area contributed by atoms with Gasteiger partial charge in [-0.2, -0.15) is 11.8 Å². The lowest BCUT2D eigenvalue weighted by atomic mass is 10.3. The molecule has 2 amide bonds. The van der Waals surface area contributed by atoms with E-state index in [9.17, 15) is 9.59 Å². The molecule has 108 valence electrons. The lowest BCUT2D eigenvalue weighted by Gasteiger charge is -2.27. The smallest absolute Gasteiger partial charge is 0.239 e. The fourth-order valence-electron chi connectivity index (χ4n) is 1.83. The van der Waals surface area contributed by atoms with Crippen LogP contribution in [0.15, 0.2) is 18.3 Å². The van der Waals surface area contributed by atoms with Gasteiger partial charge in [-0.25, -0.2) is 4.98 Å². The molecule has 0 saturated carbocycles. The largest absolute Gasteiger partial charge is 0.353 e. The van der Waals surface area contributed by atoms with Crippen molar-refractivity contribution in [2.75, 3.05) is 36.1 Å². The highest BCUT2D eigenvalue weighted by Crippen LogP contribution is 2.16. The van der Waals surface area contributed by atoms with Crippen LogP contribution in [0.25, 0.3) is 0 Å². The van der Waals surface area contributed by atoms with E-state index in [1.165, 1.54) is 11.8 Å². The molecule has 1 atom stereocenters. The van der Waals surface area contributed by atoms with Gasteiger partial charge in [0, 0.05) is 13.1 Å². The molecule has 20 heavy (non-hydrogen) atoms. The molecule has 6 nitrogen and oxygen atoms in total. The molecule has 1 fully saturated rings. The zero-order valence-corrected chi connectivity index (χ0v) is 12.4. The van der Waals surface area contributed by atoms with E-state index < -0.39 is 0 Å². The highest BCUT2D eigenvalue weighted by Gasteiger charge is 2.17. The second-order valence-electron chi connectivity index (χ2n) is 4.54. The van der Waals surface area contributed by atoms with Crippen molar-refractivity contribution in [3.05, 3.63) is 18.3 Å². The standard InChI is InChI=1S/C13H18N4O2S/c1-9(20-2)13(19)16-10-3-4-11(15-7-10)17-6-5-14-12(18)8-17/h3-4,7,9H,5-6,8H2,1-2H3,(H,14,18)(H,16,19)/t9-/m1/s1. The summed E-state index contributed by atoms with van der Waals surface area (Å²) in [5.74, 6) is 0.712. The summed E-state index contributed by atoms with van der Waals surface area (Å²) in [5, 5.41) is 5.49. The number of hydrogen-bond donors (Lipinski definition) is 2. The number of thioether (sulfide) groups is 1. The van der Waals surface area contributed by atoms with Crippen molar-refractivity contribution >= 4 is 35.1 Å². The normalized spacial score (nSPS) is 16.5. The van der Waals surface area contributed by atoms with Gasteiger partial charge in [-0.3, -0.25) is 9.59 Å². The van der Waals surface area contributed by atoms with Gasteiger partial charge in [-0.15, -0.1) is 0 Å². The van der Waals surface area contributed by atoms with E-state index >= 15 is 0 Å². The Hall–Kier alpha value is -1.76. The summed E-state index contributed by atoms with van der Waals surface area (Å²) >= 11 is 1.49. The number of aromatic nitrogens is 1. The molecule has 0 aliphatic carbocycles. The maximum Gasteiger partial charge on any atom is 0.239 e. The minimum Gasteiger partial charge on any atom is -0.353 e. The van der Waals surface area contributed by atoms with Crippen LogP contribution in [0.3, 0.4) is 0 Å². The zero-order chi connectivity index (χ0) is 14.5. The van der Waals surface area contributed by atoms with Crippen molar-refractivity contribution < 1.29 is 9.59 Å². The Morgan fingerprint density at radius 3 is 2.95 bits per heavy atom. The summed E-state index contributed by atoms with van der Waals surface area (Å²) in [7, 11) is 0. The van der Waals surface area contributed by atoms with Crippen LogP contribution in [-0.2, 0) is 9.59 Å². The Labute approximate surface area is 122 Å². The predicted molar refractivity (Wildman–Crippen MR) is 81.1 cm³/mol. The molecule has 0 bridgehead atoms. The van der Waals surface area contributed by atoms with Crippen molar-refractivity contribution in [3.63, 3.8) is 0 Å². The van der Waals surface area contributed by atoms with E-state index in [4.69, 9.17) is 0 Å². The van der Waals surface area contributed by atoms with Gasteiger partial charge in [0.2, 0.25) is 11.8 Å². The first-order chi connectivity index (χ1) is 9.60. The van der Waals surface area contributed by atoms with Crippen molar-refractivity contribution in [1.82, 2.24) is 10.3 Å². The molecular formula is C13H18N4O2S. The lowest BCUT2D eigenvalue weighted by molar-refractivity contribution is -0.120. The van der Waals surface area contributed by atoms with Crippen LogP contribution in [0.2, 0.25) is 0 Å². The maximum atomic E-state index is 11.8. The molecule has 7 heteroatoms. The van der Waals surface area contributed by atoms with Gasteiger partial charge in [0.05, 0.1) is 23.7 Å². The molecule has 2 N–H and O–H groups in total. The highest BCUT2D eigenvalue weighted by atomic mass is 32.2. The summed E-state index contributed by atoms with van der Waals surface area (Å²) < 4.78 is 0. The Kier molecular flexibility index (Phi) is 4.84. The first-order valence-corrected chi connectivity index (χ1v) is 7.70. The number of carbonyl (C=O) groups is 2. The topological polar surface area (TPSA) is 74.3 Å². The minimum absolute atomic E-state index is 0.00391. The van der Waals surface area contributed by atoms with Gasteiger partial charge >= 0.3 is 0 Å². The molecule has 2 heterocycles. The quantitative estimate of drug-likeness (QED) is 0.855. The summed E-state index contributed by atoms with van der Waals surface area (Å²) in [6.45, 7) is 3.55. The first kappa shape index (κ1) is 14.6. The van der Waals surface area contributed by atoms with Gasteiger partial charge in [-0.05, 0) is 25.3 Å². The number of pyridine rings is 1. The molecule has 0 spiro atoms. The SMILES string of the molecule is CS[C@H](C)C(=O)Nc1ccc(N2CCNC(=O)C2)nc1. The van der Waals surface area contributed by atoms with Gasteiger partial charge in [0.25, 0.3) is 0 Å². The van der Waals surface area contributed by atoms with Crippen molar-refractivity contribution in [2.24, 2.45) is 0 Å². The zero-order valence-electron chi connectivity index (χ0n) is 11.5. The molecule has 0 unspecified atom stereocenters. The molecule has 1 aromatic rings. The summed E-state index contributed by atoms with van der Waals surface area (Å²) in [5.41, 5.74) is 0.668. The second-order valence-corrected chi connectivity index (χ2v) is 5.72. The number of carbonyl (C=O) groups excluding carboxylic acids is 2. The average Bonchev–Trinajstić information content (AvgIpc) is 2.47. The molecule has 0 radical (unpaired) electrons. The van der Waals surface area contributed by atoms with Gasteiger partial charge in [0.15, 0.2) is 0 Å². The average molecular weight is 294 g/mol. The number of amides is 2. The second kappa shape index (κ2) is 6.60. The Balaban J connectivity index is 1.99. The van der Waals surface area contributed by atoms with Gasteiger partial charge < -0.3 is 15.5 Å². The number of nitrogens with zero attached hydrogens (tertiary/aromatic N) is 2. The van der Waals surface area contributed by atoms with Crippen LogP contribution in [0, 0.1) is 0 Å². The molecule has 0 aromatic carbocycles. The third kappa shape index (κ3) is 3.63. The van der Waals surface area contributed by atoms with Gasteiger partial charge in [-0.1, -0.05) is 0 Å². The summed E-state index contributed by atoms with van der Waals surface area (Å²) in [6, 6.07) is 3.62. The number of anilines is 2. The van der Waals surface area contributed by atoms with Crippen LogP contribution in [0.1, 0.15) is 6.92 Å².